The molecule has 1 heteroatoms. The van der Waals surface area contributed by atoms with E-state index in [1.807, 2.05) is 6.92 Å². The highest BCUT2D eigenvalue weighted by Gasteiger charge is 2.25. The van der Waals surface area contributed by atoms with Crippen LogP contribution in [0.25, 0.3) is 10.8 Å². The number of rotatable bonds is 5. The molecule has 0 unspecified atom stereocenters. The van der Waals surface area contributed by atoms with Crippen LogP contribution in [0, 0.1) is 0 Å². The summed E-state index contributed by atoms with van der Waals surface area (Å²) in [6.45, 7) is 14.3. The monoisotopic (exact) mass is 265 g/mol. The number of fused-ring (bicyclic) bond motifs is 1. The van der Waals surface area contributed by atoms with Gasteiger partial charge in [0.15, 0.2) is 0 Å². The van der Waals surface area contributed by atoms with Crippen LogP contribution in [0.4, 0.5) is 0 Å². The van der Waals surface area contributed by atoms with Crippen LogP contribution in [0.1, 0.15) is 26.3 Å². The lowest BCUT2D eigenvalue weighted by Gasteiger charge is -2.33. The second-order valence-electron chi connectivity index (χ2n) is 5.88. The Bertz CT molecular complexity index is 654. The Labute approximate surface area is 122 Å². The molecule has 0 bridgehead atoms. The first-order valence-electron chi connectivity index (χ1n) is 6.98. The SMILES string of the molecule is C=C(C)N[C@@](C)(Cc1ccc2ccccc2c1)C(=C)C. The maximum Gasteiger partial charge on any atom is 0.0588 e. The smallest absolute Gasteiger partial charge is 0.0588 e. The van der Waals surface area contributed by atoms with Crippen molar-refractivity contribution in [2.24, 2.45) is 0 Å². The molecule has 0 aromatic heterocycles. The minimum absolute atomic E-state index is 0.158. The number of benzene rings is 2. The van der Waals surface area contributed by atoms with E-state index in [-0.39, 0.29) is 5.54 Å². The van der Waals surface area contributed by atoms with Crippen LogP contribution in [-0.4, -0.2) is 5.54 Å². The van der Waals surface area contributed by atoms with E-state index in [1.165, 1.54) is 16.3 Å². The molecular weight excluding hydrogens is 242 g/mol. The maximum atomic E-state index is 4.14. The van der Waals surface area contributed by atoms with Crippen molar-refractivity contribution in [2.45, 2.75) is 32.7 Å². The van der Waals surface area contributed by atoms with Gasteiger partial charge in [0.2, 0.25) is 0 Å². The molecule has 0 fully saturated rings. The van der Waals surface area contributed by atoms with Crippen molar-refractivity contribution in [1.29, 1.82) is 0 Å². The second-order valence-corrected chi connectivity index (χ2v) is 5.88. The molecule has 2 aromatic rings. The number of hydrogen-bond acceptors (Lipinski definition) is 1. The first kappa shape index (κ1) is 14.4. The molecule has 0 radical (unpaired) electrons. The van der Waals surface area contributed by atoms with Gasteiger partial charge in [0.05, 0.1) is 5.54 Å². The molecule has 1 nitrogen and oxygen atoms in total. The third-order valence-corrected chi connectivity index (χ3v) is 3.80. The van der Waals surface area contributed by atoms with Gasteiger partial charge in [0.25, 0.3) is 0 Å². The zero-order valence-electron chi connectivity index (χ0n) is 12.7. The van der Waals surface area contributed by atoms with E-state index in [4.69, 9.17) is 0 Å². The van der Waals surface area contributed by atoms with Gasteiger partial charge in [-0.2, -0.15) is 0 Å². The van der Waals surface area contributed by atoms with Crippen molar-refractivity contribution in [3.8, 4) is 0 Å². The molecule has 0 aliphatic rings. The Kier molecular flexibility index (Phi) is 3.99. The zero-order valence-corrected chi connectivity index (χ0v) is 12.7. The summed E-state index contributed by atoms with van der Waals surface area (Å²) in [6, 6.07) is 15.1. The Morgan fingerprint density at radius 3 is 2.30 bits per heavy atom. The summed E-state index contributed by atoms with van der Waals surface area (Å²) in [4.78, 5) is 0. The zero-order chi connectivity index (χ0) is 14.8. The van der Waals surface area contributed by atoms with Crippen LogP contribution in [0.2, 0.25) is 0 Å². The molecule has 0 aliphatic carbocycles. The average molecular weight is 265 g/mol. The van der Waals surface area contributed by atoms with Crippen LogP contribution in [0.3, 0.4) is 0 Å². The van der Waals surface area contributed by atoms with Gasteiger partial charge in [-0.1, -0.05) is 61.2 Å². The lowest BCUT2D eigenvalue weighted by atomic mass is 9.86. The molecule has 0 spiro atoms. The van der Waals surface area contributed by atoms with E-state index < -0.39 is 0 Å². The van der Waals surface area contributed by atoms with Crippen molar-refractivity contribution in [1.82, 2.24) is 5.32 Å². The fourth-order valence-electron chi connectivity index (χ4n) is 2.53. The number of nitrogens with one attached hydrogen (secondary N) is 1. The summed E-state index contributed by atoms with van der Waals surface area (Å²) in [7, 11) is 0. The quantitative estimate of drug-likeness (QED) is 0.763. The first-order chi connectivity index (χ1) is 9.40. The van der Waals surface area contributed by atoms with Gasteiger partial charge in [0, 0.05) is 5.70 Å². The average Bonchev–Trinajstić information content (AvgIpc) is 2.37. The molecule has 0 saturated heterocycles. The van der Waals surface area contributed by atoms with E-state index in [0.717, 1.165) is 17.7 Å². The molecule has 1 atom stereocenters. The van der Waals surface area contributed by atoms with E-state index in [0.29, 0.717) is 0 Å². The largest absolute Gasteiger partial charge is 0.380 e. The van der Waals surface area contributed by atoms with Crippen LogP contribution in [0.5, 0.6) is 0 Å². The Morgan fingerprint density at radius 1 is 1.05 bits per heavy atom. The third kappa shape index (κ3) is 3.11. The molecule has 0 saturated carbocycles. The van der Waals surface area contributed by atoms with Crippen LogP contribution < -0.4 is 5.32 Å². The molecular formula is C19H23N. The van der Waals surface area contributed by atoms with Gasteiger partial charge in [-0.05, 0) is 43.5 Å². The third-order valence-electron chi connectivity index (χ3n) is 3.80. The van der Waals surface area contributed by atoms with Crippen LogP contribution >= 0.6 is 0 Å². The van der Waals surface area contributed by atoms with E-state index in [2.05, 4.69) is 74.8 Å². The lowest BCUT2D eigenvalue weighted by Crippen LogP contribution is -2.43. The van der Waals surface area contributed by atoms with Gasteiger partial charge in [0.1, 0.15) is 0 Å². The molecule has 2 aromatic carbocycles. The summed E-state index contributed by atoms with van der Waals surface area (Å²) in [6.07, 6.45) is 0.903. The Morgan fingerprint density at radius 2 is 1.70 bits per heavy atom. The Hall–Kier alpha value is -2.02. The van der Waals surface area contributed by atoms with Crippen molar-refractivity contribution in [2.75, 3.05) is 0 Å². The highest BCUT2D eigenvalue weighted by Crippen LogP contribution is 2.24. The highest BCUT2D eigenvalue weighted by atomic mass is 15.0. The molecule has 1 N–H and O–H groups in total. The summed E-state index contributed by atoms with van der Waals surface area (Å²) in [5.74, 6) is 0. The van der Waals surface area contributed by atoms with Crippen molar-refractivity contribution >= 4 is 10.8 Å². The van der Waals surface area contributed by atoms with E-state index in [9.17, 15) is 0 Å². The molecule has 104 valence electrons. The fourth-order valence-corrected chi connectivity index (χ4v) is 2.53. The maximum absolute atomic E-state index is 4.14. The summed E-state index contributed by atoms with van der Waals surface area (Å²) >= 11 is 0. The van der Waals surface area contributed by atoms with Gasteiger partial charge in [-0.3, -0.25) is 0 Å². The predicted molar refractivity (Wildman–Crippen MR) is 88.8 cm³/mol. The van der Waals surface area contributed by atoms with Gasteiger partial charge < -0.3 is 5.32 Å². The minimum atomic E-state index is -0.158. The summed E-state index contributed by atoms with van der Waals surface area (Å²) in [5, 5.41) is 6.02. The van der Waals surface area contributed by atoms with Gasteiger partial charge in [-0.25, -0.2) is 0 Å². The minimum Gasteiger partial charge on any atom is -0.380 e. The van der Waals surface area contributed by atoms with Gasteiger partial charge >= 0.3 is 0 Å². The molecule has 20 heavy (non-hydrogen) atoms. The fraction of sp³-hybridized carbons (Fsp3) is 0.263. The lowest BCUT2D eigenvalue weighted by molar-refractivity contribution is 0.455. The standard InChI is InChI=1S/C19H23N/c1-14(2)19(5,20-15(3)4)13-16-10-11-17-8-6-7-9-18(17)12-16/h6-12,20H,1,3,13H2,2,4-5H3/t19-/m0/s1. The Balaban J connectivity index is 2.33. The van der Waals surface area contributed by atoms with Crippen LogP contribution in [-0.2, 0) is 6.42 Å². The van der Waals surface area contributed by atoms with E-state index >= 15 is 0 Å². The number of allylic oxidation sites excluding steroid dienone is 1. The topological polar surface area (TPSA) is 12.0 Å². The molecule has 2 rings (SSSR count). The summed E-state index contributed by atoms with van der Waals surface area (Å²) < 4.78 is 0. The molecule has 0 aliphatic heterocycles. The van der Waals surface area contributed by atoms with Crippen LogP contribution in [0.15, 0.2) is 66.9 Å². The van der Waals surface area contributed by atoms with Gasteiger partial charge in [-0.15, -0.1) is 0 Å². The normalized spacial score (nSPS) is 13.8. The number of hydrogen-bond donors (Lipinski definition) is 1. The molecule has 0 amide bonds. The van der Waals surface area contributed by atoms with E-state index in [1.54, 1.807) is 0 Å². The summed E-state index contributed by atoms with van der Waals surface area (Å²) in [5.41, 5.74) is 3.24. The second kappa shape index (κ2) is 5.54. The van der Waals surface area contributed by atoms with Crippen molar-refractivity contribution < 1.29 is 0 Å². The first-order valence-corrected chi connectivity index (χ1v) is 6.98. The predicted octanol–water partition coefficient (Wildman–Crippen LogP) is 4.84. The van der Waals surface area contributed by atoms with Crippen molar-refractivity contribution in [3.63, 3.8) is 0 Å². The molecule has 0 heterocycles. The highest BCUT2D eigenvalue weighted by molar-refractivity contribution is 5.83. The van der Waals surface area contributed by atoms with Crippen molar-refractivity contribution in [3.05, 3.63) is 72.5 Å².